The molecule has 1 amide bonds. The Morgan fingerprint density at radius 2 is 1.95 bits per heavy atom. The van der Waals surface area contributed by atoms with E-state index in [4.69, 9.17) is 23.2 Å². The number of hydrogen-bond donors (Lipinski definition) is 1. The number of carbonyl (C=O) groups is 1. The summed E-state index contributed by atoms with van der Waals surface area (Å²) in [7, 11) is 0. The summed E-state index contributed by atoms with van der Waals surface area (Å²) < 4.78 is 28.8. The normalized spacial score (nSPS) is 10.5. The van der Waals surface area contributed by atoms with Crippen LogP contribution in [-0.4, -0.2) is 22.5 Å². The molecule has 0 bridgehead atoms. The summed E-state index contributed by atoms with van der Waals surface area (Å²) >= 11 is 11.3. The first-order valence-electron chi connectivity index (χ1n) is 5.51. The number of rotatable bonds is 4. The molecule has 1 N–H and O–H groups in total. The summed E-state index contributed by atoms with van der Waals surface area (Å²) in [6, 6.07) is 6.82. The number of nitrogens with zero attached hydrogens (tertiary/aromatic N) is 2. The Balaban J connectivity index is 2.24. The van der Waals surface area contributed by atoms with Gasteiger partial charge in [0.25, 0.3) is 5.91 Å². The van der Waals surface area contributed by atoms with E-state index < -0.39 is 12.5 Å². The molecule has 5 nitrogen and oxygen atoms in total. The van der Waals surface area contributed by atoms with Crippen LogP contribution in [0.1, 0.15) is 10.4 Å². The Morgan fingerprint density at radius 3 is 2.62 bits per heavy atom. The molecule has 110 valence electrons. The highest BCUT2D eigenvalue weighted by Crippen LogP contribution is 2.22. The minimum absolute atomic E-state index is 0.0300. The minimum Gasteiger partial charge on any atom is -0.434 e. The third-order valence-corrected chi connectivity index (χ3v) is 2.62. The molecule has 0 saturated heterocycles. The van der Waals surface area contributed by atoms with E-state index in [0.29, 0.717) is 0 Å². The van der Waals surface area contributed by atoms with Crippen molar-refractivity contribution in [1.29, 1.82) is 0 Å². The van der Waals surface area contributed by atoms with Crippen LogP contribution in [0.25, 0.3) is 0 Å². The predicted molar refractivity (Wildman–Crippen MR) is 73.1 cm³/mol. The van der Waals surface area contributed by atoms with Gasteiger partial charge in [-0.15, -0.1) is 0 Å². The first kappa shape index (κ1) is 15.4. The van der Waals surface area contributed by atoms with Crippen molar-refractivity contribution in [1.82, 2.24) is 9.97 Å². The van der Waals surface area contributed by atoms with E-state index in [-0.39, 0.29) is 27.6 Å². The number of halogens is 4. The third kappa shape index (κ3) is 4.24. The van der Waals surface area contributed by atoms with Crippen molar-refractivity contribution >= 4 is 34.9 Å². The molecule has 0 atom stereocenters. The molecule has 1 aromatic carbocycles. The summed E-state index contributed by atoms with van der Waals surface area (Å²) in [6.45, 7) is -3.04. The Bertz CT molecular complexity index is 650. The van der Waals surface area contributed by atoms with Gasteiger partial charge in [-0.25, -0.2) is 9.97 Å². The zero-order valence-corrected chi connectivity index (χ0v) is 11.7. The Labute approximate surface area is 127 Å². The second kappa shape index (κ2) is 6.64. The molecule has 1 heterocycles. The highest BCUT2D eigenvalue weighted by atomic mass is 35.5. The second-order valence-corrected chi connectivity index (χ2v) is 4.40. The molecule has 0 unspecified atom stereocenters. The topological polar surface area (TPSA) is 64.1 Å². The number of nitrogens with one attached hydrogen (secondary N) is 1. The quantitative estimate of drug-likeness (QED) is 0.685. The number of anilines is 1. The van der Waals surface area contributed by atoms with Gasteiger partial charge in [-0.05, 0) is 23.7 Å². The van der Waals surface area contributed by atoms with Crippen molar-refractivity contribution in [2.45, 2.75) is 6.61 Å². The van der Waals surface area contributed by atoms with E-state index in [0.717, 1.165) is 0 Å². The van der Waals surface area contributed by atoms with E-state index in [1.807, 2.05) is 0 Å². The number of ether oxygens (including phenoxy) is 1. The van der Waals surface area contributed by atoms with E-state index >= 15 is 0 Å². The van der Waals surface area contributed by atoms with Crippen LogP contribution in [-0.2, 0) is 0 Å². The van der Waals surface area contributed by atoms with Crippen molar-refractivity contribution < 1.29 is 18.3 Å². The average molecular weight is 334 g/mol. The molecule has 0 aliphatic carbocycles. The fourth-order valence-corrected chi connectivity index (χ4v) is 1.90. The summed E-state index contributed by atoms with van der Waals surface area (Å²) in [5.41, 5.74) is -0.0799. The number of hydrogen-bond acceptors (Lipinski definition) is 4. The highest BCUT2D eigenvalue weighted by molar-refractivity contribution is 6.32. The van der Waals surface area contributed by atoms with Crippen LogP contribution in [0.15, 0.2) is 30.3 Å². The maximum atomic E-state index is 12.3. The zero-order valence-electron chi connectivity index (χ0n) is 10.2. The molecule has 0 saturated carbocycles. The monoisotopic (exact) mass is 333 g/mol. The maximum Gasteiger partial charge on any atom is 0.387 e. The van der Waals surface area contributed by atoms with E-state index in [9.17, 15) is 13.6 Å². The van der Waals surface area contributed by atoms with Crippen molar-refractivity contribution in [2.24, 2.45) is 0 Å². The lowest BCUT2D eigenvalue weighted by molar-refractivity contribution is -0.0501. The zero-order chi connectivity index (χ0) is 15.4. The number of benzene rings is 1. The van der Waals surface area contributed by atoms with E-state index in [1.165, 1.54) is 30.3 Å². The van der Waals surface area contributed by atoms with Crippen LogP contribution in [0.5, 0.6) is 5.75 Å². The number of para-hydroxylation sites is 1. The van der Waals surface area contributed by atoms with Crippen molar-refractivity contribution in [3.8, 4) is 5.75 Å². The van der Waals surface area contributed by atoms with Gasteiger partial charge in [-0.3, -0.25) is 4.79 Å². The Morgan fingerprint density at radius 1 is 1.24 bits per heavy atom. The minimum atomic E-state index is -3.04. The van der Waals surface area contributed by atoms with Gasteiger partial charge in [0.05, 0.1) is 5.56 Å². The van der Waals surface area contributed by atoms with Crippen molar-refractivity contribution in [2.75, 3.05) is 5.32 Å². The average Bonchev–Trinajstić information content (AvgIpc) is 2.37. The SMILES string of the molecule is O=C(Nc1cc(Cl)nc(Cl)n1)c1ccccc1OC(F)F. The van der Waals surface area contributed by atoms with Crippen LogP contribution >= 0.6 is 23.2 Å². The highest BCUT2D eigenvalue weighted by Gasteiger charge is 2.16. The van der Waals surface area contributed by atoms with E-state index in [2.05, 4.69) is 20.0 Å². The summed E-state index contributed by atoms with van der Waals surface area (Å²) in [6.07, 6.45) is 0. The number of alkyl halides is 2. The second-order valence-electron chi connectivity index (χ2n) is 3.67. The van der Waals surface area contributed by atoms with Crippen molar-refractivity contribution in [3.05, 3.63) is 46.3 Å². The fraction of sp³-hybridized carbons (Fsp3) is 0.0833. The van der Waals surface area contributed by atoms with Crippen LogP contribution in [0, 0.1) is 0 Å². The molecular formula is C12H7Cl2F2N3O2. The lowest BCUT2D eigenvalue weighted by Gasteiger charge is -2.10. The first-order chi connectivity index (χ1) is 9.95. The lowest BCUT2D eigenvalue weighted by Crippen LogP contribution is -2.16. The molecule has 21 heavy (non-hydrogen) atoms. The molecule has 2 aromatic rings. The standard InChI is InChI=1S/C12H7Cl2F2N3O2/c13-8-5-9(19-11(14)17-8)18-10(20)6-3-1-2-4-7(6)21-12(15)16/h1-5,12H,(H,17,18,19,20). The Hall–Kier alpha value is -1.99. The number of aromatic nitrogens is 2. The van der Waals surface area contributed by atoms with Crippen LogP contribution < -0.4 is 10.1 Å². The summed E-state index contributed by atoms with van der Waals surface area (Å²) in [5.74, 6) is -0.912. The van der Waals surface area contributed by atoms with Gasteiger partial charge in [0.1, 0.15) is 16.7 Å². The largest absolute Gasteiger partial charge is 0.434 e. The molecule has 1 aromatic heterocycles. The first-order valence-corrected chi connectivity index (χ1v) is 6.26. The van der Waals surface area contributed by atoms with Gasteiger partial charge >= 0.3 is 6.61 Å². The lowest BCUT2D eigenvalue weighted by atomic mass is 10.2. The molecule has 0 spiro atoms. The molecule has 0 aliphatic rings. The fourth-order valence-electron chi connectivity index (χ4n) is 1.49. The van der Waals surface area contributed by atoms with Crippen molar-refractivity contribution in [3.63, 3.8) is 0 Å². The Kier molecular flexibility index (Phi) is 4.87. The molecule has 0 fully saturated rings. The number of carbonyl (C=O) groups excluding carboxylic acids is 1. The van der Waals surface area contributed by atoms with Crippen LogP contribution in [0.3, 0.4) is 0 Å². The summed E-state index contributed by atoms with van der Waals surface area (Å²) in [5, 5.41) is 2.24. The molecule has 2 rings (SSSR count). The molecule has 0 aliphatic heterocycles. The third-order valence-electron chi connectivity index (χ3n) is 2.26. The molecule has 9 heteroatoms. The van der Waals surface area contributed by atoms with Gasteiger partial charge in [0, 0.05) is 6.07 Å². The smallest absolute Gasteiger partial charge is 0.387 e. The van der Waals surface area contributed by atoms with Crippen LogP contribution in [0.2, 0.25) is 10.4 Å². The maximum absolute atomic E-state index is 12.3. The van der Waals surface area contributed by atoms with Gasteiger partial charge in [0.2, 0.25) is 5.28 Å². The predicted octanol–water partition coefficient (Wildman–Crippen LogP) is 3.64. The molecular weight excluding hydrogens is 327 g/mol. The van der Waals surface area contributed by atoms with Gasteiger partial charge < -0.3 is 10.1 Å². The van der Waals surface area contributed by atoms with Gasteiger partial charge in [-0.2, -0.15) is 8.78 Å². The van der Waals surface area contributed by atoms with Gasteiger partial charge in [-0.1, -0.05) is 23.7 Å². The summed E-state index contributed by atoms with van der Waals surface area (Å²) in [4.78, 5) is 19.4. The number of amides is 1. The van der Waals surface area contributed by atoms with E-state index in [1.54, 1.807) is 0 Å². The van der Waals surface area contributed by atoms with Gasteiger partial charge in [0.15, 0.2) is 0 Å². The van der Waals surface area contributed by atoms with Crippen LogP contribution in [0.4, 0.5) is 14.6 Å². The molecule has 0 radical (unpaired) electrons.